The summed E-state index contributed by atoms with van der Waals surface area (Å²) < 4.78 is 39.0. The van der Waals surface area contributed by atoms with Crippen molar-refractivity contribution in [1.82, 2.24) is 40.5 Å². The molecule has 6 N–H and O–H groups in total. The zero-order chi connectivity index (χ0) is 35.9. The van der Waals surface area contributed by atoms with Crippen LogP contribution in [0, 0.1) is 17.6 Å². The van der Waals surface area contributed by atoms with Crippen LogP contribution < -0.4 is 22.1 Å². The predicted octanol–water partition coefficient (Wildman–Crippen LogP) is 5.64. The van der Waals surface area contributed by atoms with Crippen LogP contribution in [0.3, 0.4) is 0 Å². The average molecular weight is 743 g/mol. The van der Waals surface area contributed by atoms with Gasteiger partial charge in [0.25, 0.3) is 0 Å². The first-order valence-corrected chi connectivity index (χ1v) is 17.3. The van der Waals surface area contributed by atoms with Crippen molar-refractivity contribution < 1.29 is 18.3 Å². The second kappa shape index (κ2) is 17.7. The maximum absolute atomic E-state index is 14.1. The molecule has 8 rings (SSSR count). The Kier molecular flexibility index (Phi) is 12.6. The third kappa shape index (κ3) is 9.72. The molecule has 6 heterocycles. The summed E-state index contributed by atoms with van der Waals surface area (Å²) in [6.45, 7) is 5.25. The fourth-order valence-corrected chi connectivity index (χ4v) is 6.37. The first-order valence-electron chi connectivity index (χ1n) is 17.3. The topological polar surface area (TPSA) is 172 Å². The lowest BCUT2D eigenvalue weighted by molar-refractivity contribution is 0.0776. The molecule has 2 aromatic carbocycles. The van der Waals surface area contributed by atoms with E-state index in [-0.39, 0.29) is 24.0 Å². The fourth-order valence-electron chi connectivity index (χ4n) is 6.37. The van der Waals surface area contributed by atoms with Crippen LogP contribution in [-0.4, -0.2) is 68.9 Å². The molecule has 1 unspecified atom stereocenters. The molecular weight excluding hydrogens is 702 g/mol. The third-order valence-corrected chi connectivity index (χ3v) is 9.13. The molecule has 0 aliphatic carbocycles. The summed E-state index contributed by atoms with van der Waals surface area (Å²) in [6, 6.07) is 17.6. The van der Waals surface area contributed by atoms with Crippen molar-refractivity contribution in [3.63, 3.8) is 0 Å². The number of hydrogen-bond donors (Lipinski definition) is 4. The predicted molar refractivity (Wildman–Crippen MR) is 203 cm³/mol. The Morgan fingerprint density at radius 2 is 1.21 bits per heavy atom. The summed E-state index contributed by atoms with van der Waals surface area (Å²) in [5.41, 5.74) is 18.6. The van der Waals surface area contributed by atoms with E-state index < -0.39 is 0 Å². The van der Waals surface area contributed by atoms with Gasteiger partial charge < -0.3 is 31.6 Å². The number of nitrogens with one attached hydrogen (secondary N) is 2. The Morgan fingerprint density at radius 3 is 1.75 bits per heavy atom. The molecule has 15 heteroatoms. The highest BCUT2D eigenvalue weighted by Gasteiger charge is 2.16. The summed E-state index contributed by atoms with van der Waals surface area (Å²) in [5, 5.41) is 6.86. The number of benzene rings is 2. The number of hydrogen-bond acceptors (Lipinski definition) is 12. The van der Waals surface area contributed by atoms with E-state index in [1.807, 2.05) is 36.4 Å². The summed E-state index contributed by atoms with van der Waals surface area (Å²) >= 11 is 0. The van der Waals surface area contributed by atoms with Gasteiger partial charge in [-0.3, -0.25) is 0 Å². The van der Waals surface area contributed by atoms with Gasteiger partial charge >= 0.3 is 0 Å². The van der Waals surface area contributed by atoms with Gasteiger partial charge in [0.15, 0.2) is 11.6 Å². The minimum Gasteiger partial charge on any atom is -0.382 e. The van der Waals surface area contributed by atoms with Crippen LogP contribution in [0.1, 0.15) is 30.4 Å². The normalized spacial score (nSPS) is 15.9. The van der Waals surface area contributed by atoms with Crippen molar-refractivity contribution in [2.45, 2.75) is 38.4 Å². The van der Waals surface area contributed by atoms with Gasteiger partial charge in [-0.1, -0.05) is 0 Å². The van der Waals surface area contributed by atoms with Crippen LogP contribution in [0.15, 0.2) is 73.3 Å². The summed E-state index contributed by atoms with van der Waals surface area (Å²) in [6.07, 6.45) is 5.84. The number of nitrogens with two attached hydrogens (primary N) is 2. The standard InChI is InChI=1S/2C19H20FN5O.ClH/c20-14-8-12(10-22-15-3-5-26-6-4-15)7-13(9-14)16-1-2-17-18(25-16)19(21)24-11-23-17;20-15-6-13(9-22-8-12-3-4-26-10-12)5-14(7-15)16-1-2-17-18(25-16)19(21)24-11-23-17;/h1-2,7-9,11,15,22H,3-6,10H2,(H2,21,23,24);1-2,5-7,11-12,22H,3-4,8-10H2,(H2,21,23,24);1H. The molecule has 0 radical (unpaired) electrons. The Balaban J connectivity index is 0.000000178. The molecule has 2 fully saturated rings. The fraction of sp³-hybridized carbons (Fsp3) is 0.316. The lowest BCUT2D eigenvalue weighted by Gasteiger charge is -2.23. The number of nitrogen functional groups attached to an aromatic ring is 2. The van der Waals surface area contributed by atoms with E-state index in [4.69, 9.17) is 20.9 Å². The molecule has 2 aliphatic heterocycles. The first kappa shape index (κ1) is 37.8. The van der Waals surface area contributed by atoms with Crippen LogP contribution >= 0.6 is 12.4 Å². The lowest BCUT2D eigenvalue weighted by Crippen LogP contribution is -2.34. The second-order valence-corrected chi connectivity index (χ2v) is 13.0. The summed E-state index contributed by atoms with van der Waals surface area (Å²) in [5.74, 6) is 0.588. The second-order valence-electron chi connectivity index (χ2n) is 13.0. The van der Waals surface area contributed by atoms with Crippen molar-refractivity contribution in [2.75, 3.05) is 44.4 Å². The number of fused-ring (bicyclic) bond motifs is 2. The number of nitrogens with zero attached hydrogens (tertiary/aromatic N) is 6. The number of anilines is 2. The first-order chi connectivity index (χ1) is 25.4. The van der Waals surface area contributed by atoms with Crippen molar-refractivity contribution in [1.29, 1.82) is 0 Å². The molecule has 0 spiro atoms. The van der Waals surface area contributed by atoms with Gasteiger partial charge in [0.2, 0.25) is 0 Å². The van der Waals surface area contributed by atoms with Gasteiger partial charge in [-0.05, 0) is 97.0 Å². The van der Waals surface area contributed by atoms with Crippen LogP contribution in [0.25, 0.3) is 44.6 Å². The minimum atomic E-state index is -0.289. The third-order valence-electron chi connectivity index (χ3n) is 9.13. The number of aromatic nitrogens is 6. The number of halogens is 3. The Morgan fingerprint density at radius 1 is 0.660 bits per heavy atom. The molecule has 2 aliphatic rings. The van der Waals surface area contributed by atoms with E-state index in [0.29, 0.717) is 81.3 Å². The van der Waals surface area contributed by atoms with Crippen molar-refractivity contribution >= 4 is 46.1 Å². The van der Waals surface area contributed by atoms with Crippen LogP contribution in [0.4, 0.5) is 20.4 Å². The quantitative estimate of drug-likeness (QED) is 0.144. The zero-order valence-electron chi connectivity index (χ0n) is 29.0. The van der Waals surface area contributed by atoms with Crippen molar-refractivity contribution in [2.24, 2.45) is 5.92 Å². The van der Waals surface area contributed by atoms with E-state index in [9.17, 15) is 8.78 Å². The molecule has 12 nitrogen and oxygen atoms in total. The largest absolute Gasteiger partial charge is 0.382 e. The molecule has 2 saturated heterocycles. The van der Waals surface area contributed by atoms with E-state index in [1.165, 1.54) is 24.8 Å². The molecular formula is C38H41ClF2N10O2. The highest BCUT2D eigenvalue weighted by molar-refractivity contribution is 5.86. The summed E-state index contributed by atoms with van der Waals surface area (Å²) in [7, 11) is 0. The Hall–Kier alpha value is -4.99. The smallest absolute Gasteiger partial charge is 0.153 e. The zero-order valence-corrected chi connectivity index (χ0v) is 29.8. The van der Waals surface area contributed by atoms with E-state index in [0.717, 1.165) is 63.4 Å². The van der Waals surface area contributed by atoms with E-state index >= 15 is 0 Å². The SMILES string of the molecule is Cl.Nc1ncnc2ccc(-c3cc(F)cc(CNC4CCOCC4)c3)nc12.Nc1ncnc2ccc(-c3cc(F)cc(CNCC4CCOC4)c3)nc12. The van der Waals surface area contributed by atoms with Gasteiger partial charge in [-0.15, -0.1) is 12.4 Å². The molecule has 0 bridgehead atoms. The number of ether oxygens (including phenoxy) is 2. The Bertz CT molecular complexity index is 2170. The van der Waals surface area contributed by atoms with Gasteiger partial charge in [-0.2, -0.15) is 0 Å². The Labute approximate surface area is 311 Å². The highest BCUT2D eigenvalue weighted by Crippen LogP contribution is 2.26. The van der Waals surface area contributed by atoms with Crippen LogP contribution in [0.2, 0.25) is 0 Å². The van der Waals surface area contributed by atoms with Gasteiger partial charge in [0.05, 0.1) is 29.0 Å². The maximum atomic E-state index is 14.1. The van der Waals surface area contributed by atoms with Crippen molar-refractivity contribution in [3.8, 4) is 22.5 Å². The molecule has 0 amide bonds. The number of rotatable bonds is 9. The van der Waals surface area contributed by atoms with Gasteiger partial charge in [-0.25, -0.2) is 38.7 Å². The highest BCUT2D eigenvalue weighted by atomic mass is 35.5. The number of pyridine rings is 2. The maximum Gasteiger partial charge on any atom is 0.153 e. The molecule has 1 atom stereocenters. The molecule has 53 heavy (non-hydrogen) atoms. The van der Waals surface area contributed by atoms with Crippen molar-refractivity contribution in [3.05, 3.63) is 96.1 Å². The minimum absolute atomic E-state index is 0. The van der Waals surface area contributed by atoms with Crippen LogP contribution in [0.5, 0.6) is 0 Å². The lowest BCUT2D eigenvalue weighted by atomic mass is 10.1. The van der Waals surface area contributed by atoms with E-state index in [1.54, 1.807) is 12.1 Å². The van der Waals surface area contributed by atoms with E-state index in [2.05, 4.69) is 40.5 Å². The molecule has 6 aromatic rings. The van der Waals surface area contributed by atoms with Gasteiger partial charge in [0.1, 0.15) is 35.3 Å². The van der Waals surface area contributed by atoms with Crippen LogP contribution in [-0.2, 0) is 22.6 Å². The molecule has 4 aromatic heterocycles. The summed E-state index contributed by atoms with van der Waals surface area (Å²) in [4.78, 5) is 25.3. The molecule has 276 valence electrons. The monoisotopic (exact) mass is 742 g/mol. The van der Waals surface area contributed by atoms with Gasteiger partial charge in [0, 0.05) is 56.6 Å². The average Bonchev–Trinajstić information content (AvgIpc) is 3.68. The molecule has 0 saturated carbocycles.